The highest BCUT2D eigenvalue weighted by Crippen LogP contribution is 2.22. The largest absolute Gasteiger partial charge is 0.469 e. The lowest BCUT2D eigenvalue weighted by Crippen LogP contribution is -2.43. The van der Waals surface area contributed by atoms with Crippen molar-refractivity contribution in [2.24, 2.45) is 5.92 Å². The molecule has 0 aromatic carbocycles. The van der Waals surface area contributed by atoms with Crippen LogP contribution in [0.25, 0.3) is 0 Å². The zero-order chi connectivity index (χ0) is 14.5. The van der Waals surface area contributed by atoms with Crippen molar-refractivity contribution in [2.75, 3.05) is 31.7 Å². The van der Waals surface area contributed by atoms with Crippen LogP contribution in [-0.2, 0) is 20.7 Å². The summed E-state index contributed by atoms with van der Waals surface area (Å²) in [5, 5.41) is 0.916. The summed E-state index contributed by atoms with van der Waals surface area (Å²) in [4.78, 5) is 18.0. The number of morpholine rings is 1. The number of hydrogen-bond acceptors (Lipinski definition) is 7. The molecule has 2 rings (SSSR count). The molecule has 1 aromatic heterocycles. The number of anilines is 1. The van der Waals surface area contributed by atoms with Crippen molar-refractivity contribution in [1.82, 2.24) is 9.36 Å². The topological polar surface area (TPSA) is 64.5 Å². The Morgan fingerprint density at radius 3 is 3.10 bits per heavy atom. The van der Waals surface area contributed by atoms with Gasteiger partial charge in [0.25, 0.3) is 0 Å². The molecule has 1 aliphatic rings. The Kier molecular flexibility index (Phi) is 5.31. The number of ether oxygens (including phenoxy) is 2. The lowest BCUT2D eigenvalue weighted by atomic mass is 10.1. The third-order valence-electron chi connectivity index (χ3n) is 3.08. The minimum Gasteiger partial charge on any atom is -0.469 e. The van der Waals surface area contributed by atoms with Crippen LogP contribution in [0.2, 0.25) is 0 Å². The first-order valence-electron chi connectivity index (χ1n) is 6.84. The van der Waals surface area contributed by atoms with Crippen LogP contribution in [-0.4, -0.2) is 48.2 Å². The maximum Gasteiger partial charge on any atom is 0.308 e. The van der Waals surface area contributed by atoms with Crippen molar-refractivity contribution in [1.29, 1.82) is 0 Å². The van der Waals surface area contributed by atoms with E-state index in [0.717, 1.165) is 23.9 Å². The van der Waals surface area contributed by atoms with Crippen LogP contribution >= 0.6 is 11.5 Å². The van der Waals surface area contributed by atoms with Gasteiger partial charge in [-0.25, -0.2) is 4.98 Å². The van der Waals surface area contributed by atoms with Crippen molar-refractivity contribution in [2.45, 2.75) is 32.8 Å². The summed E-state index contributed by atoms with van der Waals surface area (Å²) in [5.41, 5.74) is 0. The van der Waals surface area contributed by atoms with Gasteiger partial charge >= 0.3 is 5.97 Å². The first-order chi connectivity index (χ1) is 9.58. The maximum atomic E-state index is 11.3. The Morgan fingerprint density at radius 2 is 2.40 bits per heavy atom. The molecule has 0 amide bonds. The number of esters is 1. The Balaban J connectivity index is 1.94. The fourth-order valence-electron chi connectivity index (χ4n) is 2.11. The quantitative estimate of drug-likeness (QED) is 0.768. The van der Waals surface area contributed by atoms with Gasteiger partial charge in [0.15, 0.2) is 0 Å². The molecule has 0 aliphatic carbocycles. The minimum absolute atomic E-state index is 0.131. The van der Waals surface area contributed by atoms with Crippen LogP contribution in [0.3, 0.4) is 0 Å². The molecule has 0 radical (unpaired) electrons. The highest BCUT2D eigenvalue weighted by Gasteiger charge is 2.25. The van der Waals surface area contributed by atoms with Gasteiger partial charge in [0.2, 0.25) is 5.13 Å². The SMILES string of the molecule is COC(=O)CC1CN(c2nc(CC(C)C)ns2)CCO1. The van der Waals surface area contributed by atoms with Crippen LogP contribution in [0, 0.1) is 5.92 Å². The number of carbonyl (C=O) groups is 1. The van der Waals surface area contributed by atoms with E-state index in [0.29, 0.717) is 19.1 Å². The molecule has 1 unspecified atom stereocenters. The molecule has 7 heteroatoms. The van der Waals surface area contributed by atoms with Gasteiger partial charge in [-0.3, -0.25) is 4.79 Å². The zero-order valence-corrected chi connectivity index (χ0v) is 13.0. The summed E-state index contributed by atoms with van der Waals surface area (Å²) in [6.45, 7) is 6.35. The maximum absolute atomic E-state index is 11.3. The van der Waals surface area contributed by atoms with E-state index in [9.17, 15) is 4.79 Å². The van der Waals surface area contributed by atoms with E-state index in [1.807, 2.05) is 0 Å². The molecule has 112 valence electrons. The van der Waals surface area contributed by atoms with E-state index < -0.39 is 0 Å². The molecule has 1 aromatic rings. The summed E-state index contributed by atoms with van der Waals surface area (Å²) >= 11 is 1.42. The molecule has 0 saturated carbocycles. The van der Waals surface area contributed by atoms with E-state index in [1.54, 1.807) is 0 Å². The Hall–Kier alpha value is -1.21. The fourth-order valence-corrected chi connectivity index (χ4v) is 2.84. The summed E-state index contributed by atoms with van der Waals surface area (Å²) in [6, 6.07) is 0. The Morgan fingerprint density at radius 1 is 1.60 bits per heavy atom. The molecule has 20 heavy (non-hydrogen) atoms. The molecule has 1 atom stereocenters. The van der Waals surface area contributed by atoms with E-state index in [1.165, 1.54) is 18.6 Å². The van der Waals surface area contributed by atoms with Crippen molar-refractivity contribution in [3.05, 3.63) is 5.82 Å². The van der Waals surface area contributed by atoms with E-state index >= 15 is 0 Å². The average molecular weight is 299 g/mol. The summed E-state index contributed by atoms with van der Waals surface area (Å²) < 4.78 is 14.7. The number of methoxy groups -OCH3 is 1. The van der Waals surface area contributed by atoms with Gasteiger partial charge < -0.3 is 14.4 Å². The zero-order valence-electron chi connectivity index (χ0n) is 12.2. The van der Waals surface area contributed by atoms with Gasteiger partial charge in [-0.15, -0.1) is 0 Å². The van der Waals surface area contributed by atoms with Crippen LogP contribution in [0.1, 0.15) is 26.1 Å². The predicted molar refractivity (Wildman–Crippen MR) is 77.0 cm³/mol. The van der Waals surface area contributed by atoms with Crippen molar-refractivity contribution in [3.8, 4) is 0 Å². The minimum atomic E-state index is -0.241. The van der Waals surface area contributed by atoms with Crippen LogP contribution in [0.15, 0.2) is 0 Å². The molecule has 0 spiro atoms. The number of rotatable bonds is 5. The molecule has 1 fully saturated rings. The standard InChI is InChI=1S/C13H21N3O3S/c1-9(2)6-11-14-13(20-15-11)16-4-5-19-10(8-16)7-12(17)18-3/h9-10H,4-8H2,1-3H3. The molecule has 6 nitrogen and oxygen atoms in total. The lowest BCUT2D eigenvalue weighted by Gasteiger charge is -2.31. The van der Waals surface area contributed by atoms with Gasteiger partial charge in [0.1, 0.15) is 5.82 Å². The Labute approximate surface area is 123 Å². The van der Waals surface area contributed by atoms with Gasteiger partial charge in [0.05, 0.1) is 26.2 Å². The normalized spacial score (nSPS) is 19.4. The second kappa shape index (κ2) is 6.99. The molecule has 0 bridgehead atoms. The lowest BCUT2D eigenvalue weighted by molar-refractivity contribution is -0.144. The fraction of sp³-hybridized carbons (Fsp3) is 0.769. The summed E-state index contributed by atoms with van der Waals surface area (Å²) in [7, 11) is 1.39. The highest BCUT2D eigenvalue weighted by molar-refractivity contribution is 7.09. The van der Waals surface area contributed by atoms with E-state index in [2.05, 4.69) is 32.8 Å². The van der Waals surface area contributed by atoms with Gasteiger partial charge in [-0.05, 0) is 5.92 Å². The van der Waals surface area contributed by atoms with Gasteiger partial charge in [-0.1, -0.05) is 13.8 Å². The van der Waals surface area contributed by atoms with Crippen LogP contribution in [0.5, 0.6) is 0 Å². The first-order valence-corrected chi connectivity index (χ1v) is 7.61. The van der Waals surface area contributed by atoms with Crippen molar-refractivity contribution >= 4 is 22.6 Å². The molecule has 1 aliphatic heterocycles. The van der Waals surface area contributed by atoms with Crippen LogP contribution < -0.4 is 4.90 Å². The number of hydrogen-bond donors (Lipinski definition) is 0. The summed E-state index contributed by atoms with van der Waals surface area (Å²) in [6.07, 6.45) is 1.05. The van der Waals surface area contributed by atoms with Gasteiger partial charge in [-0.2, -0.15) is 4.37 Å². The third kappa shape index (κ3) is 4.14. The van der Waals surface area contributed by atoms with Crippen molar-refractivity contribution < 1.29 is 14.3 Å². The van der Waals surface area contributed by atoms with E-state index in [4.69, 9.17) is 4.74 Å². The first kappa shape index (κ1) is 15.2. The monoisotopic (exact) mass is 299 g/mol. The summed E-state index contributed by atoms with van der Waals surface area (Å²) in [5.74, 6) is 1.21. The Bertz CT molecular complexity index is 450. The third-order valence-corrected chi connectivity index (χ3v) is 3.89. The number of carbonyl (C=O) groups excluding carboxylic acids is 1. The molecular weight excluding hydrogens is 278 g/mol. The average Bonchev–Trinajstić information content (AvgIpc) is 2.86. The smallest absolute Gasteiger partial charge is 0.308 e. The highest BCUT2D eigenvalue weighted by atomic mass is 32.1. The van der Waals surface area contributed by atoms with Crippen molar-refractivity contribution in [3.63, 3.8) is 0 Å². The van der Waals surface area contributed by atoms with Crippen LogP contribution in [0.4, 0.5) is 5.13 Å². The molecule has 2 heterocycles. The second-order valence-electron chi connectivity index (χ2n) is 5.31. The molecular formula is C13H21N3O3S. The predicted octanol–water partition coefficient (Wildman–Crippen LogP) is 1.50. The van der Waals surface area contributed by atoms with Gasteiger partial charge in [0, 0.05) is 31.0 Å². The molecule has 0 N–H and O–H groups in total. The second-order valence-corrected chi connectivity index (χ2v) is 6.04. The van der Waals surface area contributed by atoms with E-state index in [-0.39, 0.29) is 18.5 Å². The number of nitrogens with zero attached hydrogens (tertiary/aromatic N) is 3. The molecule has 1 saturated heterocycles. The number of aromatic nitrogens is 2.